The second-order valence-corrected chi connectivity index (χ2v) is 7.95. The predicted octanol–water partition coefficient (Wildman–Crippen LogP) is 3.22. The molecular weight excluding hydrogens is 342 g/mol. The summed E-state index contributed by atoms with van der Waals surface area (Å²) in [7, 11) is 0. The summed E-state index contributed by atoms with van der Waals surface area (Å²) in [4.78, 5) is 24.7. The maximum absolute atomic E-state index is 12.7. The van der Waals surface area contributed by atoms with E-state index in [-0.39, 0.29) is 23.8 Å². The Bertz CT molecular complexity index is 704. The van der Waals surface area contributed by atoms with E-state index in [0.717, 1.165) is 5.56 Å². The van der Waals surface area contributed by atoms with E-state index in [1.54, 1.807) is 0 Å². The molecular formula is C19H24ClNO4. The van der Waals surface area contributed by atoms with Gasteiger partial charge in [0.2, 0.25) is 5.91 Å². The Kier molecular flexibility index (Phi) is 4.58. The summed E-state index contributed by atoms with van der Waals surface area (Å²) in [6, 6.07) is 7.48. The maximum atomic E-state index is 12.7. The number of ether oxygens (including phenoxy) is 1. The van der Waals surface area contributed by atoms with Gasteiger partial charge in [-0.15, -0.1) is 0 Å². The Labute approximate surface area is 152 Å². The number of carboxylic acids is 1. The standard InChI is InChI=1S/C19H24ClNO4/c1-4-25-15-10-19(17(23)24,18(15,2)3)21-16(22)13-9-12(13)11-7-5-6-8-14(11)20/h5-8,12-13,15H,4,9-10H2,1-3H3,(H,21,22)(H,23,24). The molecule has 2 fully saturated rings. The number of halogens is 1. The molecule has 0 heterocycles. The highest BCUT2D eigenvalue weighted by Gasteiger charge is 2.67. The van der Waals surface area contributed by atoms with Crippen LogP contribution in [0.15, 0.2) is 24.3 Å². The van der Waals surface area contributed by atoms with Crippen LogP contribution in [-0.4, -0.2) is 35.2 Å². The van der Waals surface area contributed by atoms with Gasteiger partial charge in [-0.2, -0.15) is 0 Å². The monoisotopic (exact) mass is 365 g/mol. The highest BCUT2D eigenvalue weighted by molar-refractivity contribution is 6.31. The molecule has 2 N–H and O–H groups in total. The average molecular weight is 366 g/mol. The van der Waals surface area contributed by atoms with Crippen LogP contribution in [0, 0.1) is 11.3 Å². The normalized spacial score (nSPS) is 32.6. The van der Waals surface area contributed by atoms with Crippen LogP contribution in [0.4, 0.5) is 0 Å². The molecule has 2 saturated carbocycles. The number of nitrogens with one attached hydrogen (secondary N) is 1. The Morgan fingerprint density at radius 3 is 2.60 bits per heavy atom. The van der Waals surface area contributed by atoms with E-state index in [0.29, 0.717) is 24.5 Å². The lowest BCUT2D eigenvalue weighted by molar-refractivity contribution is -0.194. The van der Waals surface area contributed by atoms with Crippen LogP contribution in [0.25, 0.3) is 0 Å². The zero-order valence-electron chi connectivity index (χ0n) is 14.7. The number of hydrogen-bond acceptors (Lipinski definition) is 3. The fourth-order valence-electron chi connectivity index (χ4n) is 3.94. The number of carboxylic acid groups (broad SMARTS) is 1. The van der Waals surface area contributed by atoms with Crippen molar-refractivity contribution in [3.05, 3.63) is 34.9 Å². The molecule has 0 bridgehead atoms. The summed E-state index contributed by atoms with van der Waals surface area (Å²) in [5.74, 6) is -1.38. The quantitative estimate of drug-likeness (QED) is 0.811. The first-order chi connectivity index (χ1) is 11.7. The summed E-state index contributed by atoms with van der Waals surface area (Å²) in [6.07, 6.45) is 0.811. The lowest BCUT2D eigenvalue weighted by atomic mass is 9.54. The molecule has 0 aliphatic heterocycles. The molecule has 0 spiro atoms. The first kappa shape index (κ1) is 18.2. The summed E-state index contributed by atoms with van der Waals surface area (Å²) in [6.45, 7) is 6.08. The maximum Gasteiger partial charge on any atom is 0.330 e. The molecule has 3 rings (SSSR count). The molecule has 1 aromatic rings. The van der Waals surface area contributed by atoms with E-state index in [1.807, 2.05) is 45.0 Å². The van der Waals surface area contributed by atoms with Crippen LogP contribution in [0.1, 0.15) is 45.1 Å². The van der Waals surface area contributed by atoms with E-state index in [9.17, 15) is 14.7 Å². The second kappa shape index (κ2) is 6.29. The minimum absolute atomic E-state index is 0.0606. The summed E-state index contributed by atoms with van der Waals surface area (Å²) in [5.41, 5.74) is -0.995. The highest BCUT2D eigenvalue weighted by Crippen LogP contribution is 2.54. The van der Waals surface area contributed by atoms with Crippen molar-refractivity contribution in [2.24, 2.45) is 11.3 Å². The SMILES string of the molecule is CCOC1CC(NC(=O)C2CC2c2ccccc2Cl)(C(=O)O)C1(C)C. The van der Waals surface area contributed by atoms with Crippen LogP contribution < -0.4 is 5.32 Å². The highest BCUT2D eigenvalue weighted by atomic mass is 35.5. The summed E-state index contributed by atoms with van der Waals surface area (Å²) >= 11 is 6.21. The molecule has 0 radical (unpaired) electrons. The van der Waals surface area contributed by atoms with Gasteiger partial charge in [-0.3, -0.25) is 4.79 Å². The van der Waals surface area contributed by atoms with Crippen molar-refractivity contribution < 1.29 is 19.4 Å². The molecule has 5 nitrogen and oxygen atoms in total. The smallest absolute Gasteiger partial charge is 0.330 e. The van der Waals surface area contributed by atoms with Gasteiger partial charge in [-0.05, 0) is 30.9 Å². The molecule has 2 aliphatic carbocycles. The van der Waals surface area contributed by atoms with Crippen molar-refractivity contribution in [1.29, 1.82) is 0 Å². The van der Waals surface area contributed by atoms with E-state index in [2.05, 4.69) is 5.32 Å². The Hall–Kier alpha value is -1.59. The zero-order chi connectivity index (χ0) is 18.4. The molecule has 2 aliphatic rings. The van der Waals surface area contributed by atoms with Crippen molar-refractivity contribution in [3.8, 4) is 0 Å². The van der Waals surface area contributed by atoms with Crippen LogP contribution in [0.2, 0.25) is 5.02 Å². The third-order valence-corrected chi connectivity index (χ3v) is 6.24. The van der Waals surface area contributed by atoms with Gasteiger partial charge in [0.15, 0.2) is 0 Å². The van der Waals surface area contributed by atoms with Gasteiger partial charge in [0.05, 0.1) is 6.10 Å². The molecule has 1 amide bonds. The number of carbonyl (C=O) groups is 2. The van der Waals surface area contributed by atoms with Crippen LogP contribution >= 0.6 is 11.6 Å². The predicted molar refractivity (Wildman–Crippen MR) is 94.6 cm³/mol. The van der Waals surface area contributed by atoms with Gasteiger partial charge in [0.1, 0.15) is 5.54 Å². The largest absolute Gasteiger partial charge is 0.479 e. The molecule has 0 aromatic heterocycles. The molecule has 4 atom stereocenters. The number of amides is 1. The second-order valence-electron chi connectivity index (χ2n) is 7.54. The Morgan fingerprint density at radius 1 is 1.36 bits per heavy atom. The first-order valence-corrected chi connectivity index (χ1v) is 9.04. The number of rotatable bonds is 6. The fourth-order valence-corrected chi connectivity index (χ4v) is 4.22. The summed E-state index contributed by atoms with van der Waals surface area (Å²) in [5, 5.41) is 13.3. The van der Waals surface area contributed by atoms with Gasteiger partial charge in [-0.25, -0.2) is 4.79 Å². The first-order valence-electron chi connectivity index (χ1n) is 8.66. The summed E-state index contributed by atoms with van der Waals surface area (Å²) < 4.78 is 5.63. The Morgan fingerprint density at radius 2 is 2.04 bits per heavy atom. The van der Waals surface area contributed by atoms with Crippen LogP contribution in [-0.2, 0) is 14.3 Å². The van der Waals surface area contributed by atoms with Gasteiger partial charge in [-0.1, -0.05) is 43.6 Å². The zero-order valence-corrected chi connectivity index (χ0v) is 15.5. The minimum atomic E-state index is -1.28. The molecule has 25 heavy (non-hydrogen) atoms. The van der Waals surface area contributed by atoms with Crippen LogP contribution in [0.5, 0.6) is 0 Å². The fraction of sp³-hybridized carbons (Fsp3) is 0.579. The van der Waals surface area contributed by atoms with Gasteiger partial charge in [0, 0.05) is 29.4 Å². The van der Waals surface area contributed by atoms with Crippen molar-refractivity contribution in [2.75, 3.05) is 6.61 Å². The topological polar surface area (TPSA) is 75.6 Å². The minimum Gasteiger partial charge on any atom is -0.479 e. The van der Waals surface area contributed by atoms with Gasteiger partial charge >= 0.3 is 5.97 Å². The van der Waals surface area contributed by atoms with E-state index in [1.165, 1.54) is 0 Å². The van der Waals surface area contributed by atoms with Crippen molar-refractivity contribution in [3.63, 3.8) is 0 Å². The van der Waals surface area contributed by atoms with Gasteiger partial charge in [0.25, 0.3) is 0 Å². The third kappa shape index (κ3) is 2.83. The molecule has 136 valence electrons. The van der Waals surface area contributed by atoms with Crippen molar-refractivity contribution in [2.45, 2.75) is 51.2 Å². The van der Waals surface area contributed by atoms with E-state index >= 15 is 0 Å². The van der Waals surface area contributed by atoms with Crippen molar-refractivity contribution in [1.82, 2.24) is 5.32 Å². The number of benzene rings is 1. The van der Waals surface area contributed by atoms with Crippen LogP contribution in [0.3, 0.4) is 0 Å². The van der Waals surface area contributed by atoms with E-state index < -0.39 is 16.9 Å². The lowest BCUT2D eigenvalue weighted by Crippen LogP contribution is -2.76. The molecule has 6 heteroatoms. The number of aliphatic carboxylic acids is 1. The average Bonchev–Trinajstić information content (AvgIpc) is 3.34. The molecule has 1 aromatic carbocycles. The van der Waals surface area contributed by atoms with E-state index in [4.69, 9.17) is 16.3 Å². The Balaban J connectivity index is 1.72. The number of carbonyl (C=O) groups excluding carboxylic acids is 1. The van der Waals surface area contributed by atoms with Gasteiger partial charge < -0.3 is 15.2 Å². The van der Waals surface area contributed by atoms with Crippen molar-refractivity contribution >= 4 is 23.5 Å². The lowest BCUT2D eigenvalue weighted by Gasteiger charge is -2.58. The molecule has 0 saturated heterocycles. The third-order valence-electron chi connectivity index (χ3n) is 5.90. The number of hydrogen-bond donors (Lipinski definition) is 2. The molecule has 4 unspecified atom stereocenters.